The average Bonchev–Trinajstić information content (AvgIpc) is 3.26. The molecule has 5 rings (SSSR count). The van der Waals surface area contributed by atoms with Gasteiger partial charge in [0.1, 0.15) is 5.69 Å². The van der Waals surface area contributed by atoms with Crippen LogP contribution >= 0.6 is 23.2 Å². The van der Waals surface area contributed by atoms with Gasteiger partial charge >= 0.3 is 0 Å². The zero-order valence-electron chi connectivity index (χ0n) is 18.1. The maximum atomic E-state index is 13.2. The summed E-state index contributed by atoms with van der Waals surface area (Å²) < 4.78 is 6.01. The molecule has 0 fully saturated rings. The number of nitrogens with one attached hydrogen (secondary N) is 1. The molecule has 0 aliphatic heterocycles. The number of anilines is 1. The van der Waals surface area contributed by atoms with Crippen molar-refractivity contribution in [1.29, 1.82) is 0 Å². The number of hydrogen-bond acceptors (Lipinski definition) is 3. The summed E-state index contributed by atoms with van der Waals surface area (Å²) in [6.45, 7) is 2.37. The van der Waals surface area contributed by atoms with Crippen molar-refractivity contribution in [2.45, 2.75) is 25.7 Å². The third-order valence-electron chi connectivity index (χ3n) is 6.09. The van der Waals surface area contributed by atoms with Crippen molar-refractivity contribution in [2.24, 2.45) is 0 Å². The van der Waals surface area contributed by atoms with Crippen molar-refractivity contribution in [3.8, 4) is 16.9 Å². The van der Waals surface area contributed by atoms with Crippen molar-refractivity contribution >= 4 is 45.7 Å². The van der Waals surface area contributed by atoms with Crippen LogP contribution in [0.4, 0.5) is 5.69 Å². The van der Waals surface area contributed by atoms with E-state index in [2.05, 4.69) is 11.4 Å². The van der Waals surface area contributed by atoms with E-state index in [4.69, 9.17) is 32.9 Å². The number of benzene rings is 3. The van der Waals surface area contributed by atoms with E-state index in [0.29, 0.717) is 28.1 Å². The standard InChI is InChI=1S/C27H22Cl2N2O2/c1-2-33-26-21-11-5-10-19(18-9-6-12-22(28)24(18)29)25(21)30-15-23(26)31-27(32)20-14-13-16-7-3-4-8-17(16)20/h3-12,15,20H,2,13-14H2,1H3,(H,31,32). The molecule has 4 nitrogen and oxygen atoms in total. The predicted molar refractivity (Wildman–Crippen MR) is 135 cm³/mol. The van der Waals surface area contributed by atoms with Crippen LogP contribution < -0.4 is 10.1 Å². The van der Waals surface area contributed by atoms with Crippen LogP contribution in [0, 0.1) is 0 Å². The van der Waals surface area contributed by atoms with Crippen LogP contribution in [0.25, 0.3) is 22.0 Å². The first kappa shape index (κ1) is 21.7. The highest BCUT2D eigenvalue weighted by Gasteiger charge is 2.29. The highest BCUT2D eigenvalue weighted by atomic mass is 35.5. The molecule has 1 N–H and O–H groups in total. The van der Waals surface area contributed by atoms with Gasteiger partial charge in [-0.3, -0.25) is 9.78 Å². The van der Waals surface area contributed by atoms with Gasteiger partial charge in [0.05, 0.1) is 34.3 Å². The van der Waals surface area contributed by atoms with Crippen LogP contribution in [-0.4, -0.2) is 17.5 Å². The lowest BCUT2D eigenvalue weighted by molar-refractivity contribution is -0.117. The lowest BCUT2D eigenvalue weighted by Gasteiger charge is -2.18. The van der Waals surface area contributed by atoms with Gasteiger partial charge in [0.25, 0.3) is 0 Å². The number of fused-ring (bicyclic) bond motifs is 2. The van der Waals surface area contributed by atoms with E-state index in [1.54, 1.807) is 12.3 Å². The molecule has 1 aliphatic rings. The number of nitrogens with zero attached hydrogens (tertiary/aromatic N) is 1. The SMILES string of the molecule is CCOc1c(NC(=O)C2CCc3ccccc32)cnc2c(-c3cccc(Cl)c3Cl)cccc12. The second kappa shape index (κ2) is 9.05. The van der Waals surface area contributed by atoms with Gasteiger partial charge in [-0.05, 0) is 43.0 Å². The molecular formula is C27H22Cl2N2O2. The van der Waals surface area contributed by atoms with E-state index in [9.17, 15) is 4.79 Å². The maximum absolute atomic E-state index is 13.2. The maximum Gasteiger partial charge on any atom is 0.232 e. The van der Waals surface area contributed by atoms with Gasteiger partial charge in [0.15, 0.2) is 5.75 Å². The van der Waals surface area contributed by atoms with E-state index < -0.39 is 0 Å². The van der Waals surface area contributed by atoms with Gasteiger partial charge in [0, 0.05) is 16.5 Å². The van der Waals surface area contributed by atoms with Gasteiger partial charge in [-0.2, -0.15) is 0 Å². The molecule has 0 bridgehead atoms. The summed E-state index contributed by atoms with van der Waals surface area (Å²) in [5.74, 6) is 0.376. The summed E-state index contributed by atoms with van der Waals surface area (Å²) in [6.07, 6.45) is 3.37. The molecule has 1 unspecified atom stereocenters. The van der Waals surface area contributed by atoms with E-state index in [1.165, 1.54) is 5.56 Å². The molecule has 1 atom stereocenters. The molecule has 0 saturated heterocycles. The van der Waals surface area contributed by atoms with Gasteiger partial charge in [-0.15, -0.1) is 0 Å². The number of carbonyl (C=O) groups excluding carboxylic acids is 1. The Morgan fingerprint density at radius 2 is 1.85 bits per heavy atom. The molecule has 33 heavy (non-hydrogen) atoms. The molecule has 1 aromatic heterocycles. The van der Waals surface area contributed by atoms with E-state index >= 15 is 0 Å². The quantitative estimate of drug-likeness (QED) is 0.329. The third-order valence-corrected chi connectivity index (χ3v) is 6.90. The van der Waals surface area contributed by atoms with Crippen LogP contribution in [-0.2, 0) is 11.2 Å². The minimum absolute atomic E-state index is 0.0453. The first-order valence-electron chi connectivity index (χ1n) is 11.0. The molecule has 4 aromatic rings. The van der Waals surface area contributed by atoms with Gasteiger partial charge in [-0.1, -0.05) is 71.7 Å². The zero-order chi connectivity index (χ0) is 22.9. The number of ether oxygens (including phenoxy) is 1. The molecule has 1 heterocycles. The lowest BCUT2D eigenvalue weighted by atomic mass is 9.99. The van der Waals surface area contributed by atoms with Crippen molar-refractivity contribution < 1.29 is 9.53 Å². The number of aryl methyl sites for hydroxylation is 1. The third kappa shape index (κ3) is 3.94. The number of para-hydroxylation sites is 1. The predicted octanol–water partition coefficient (Wildman–Crippen LogP) is 7.28. The Balaban J connectivity index is 1.56. The largest absolute Gasteiger partial charge is 0.491 e. The Bertz CT molecular complexity index is 1370. The number of rotatable bonds is 5. The van der Waals surface area contributed by atoms with Gasteiger partial charge < -0.3 is 10.1 Å². The summed E-state index contributed by atoms with van der Waals surface area (Å²) in [5, 5.41) is 4.84. The number of pyridine rings is 1. The van der Waals surface area contributed by atoms with Gasteiger partial charge in [-0.25, -0.2) is 0 Å². The Morgan fingerprint density at radius 3 is 2.70 bits per heavy atom. The van der Waals surface area contributed by atoms with Crippen LogP contribution in [0.1, 0.15) is 30.4 Å². The molecule has 1 amide bonds. The van der Waals surface area contributed by atoms with Crippen LogP contribution in [0.2, 0.25) is 10.0 Å². The van der Waals surface area contributed by atoms with Gasteiger partial charge in [0.2, 0.25) is 5.91 Å². The second-order valence-corrected chi connectivity index (χ2v) is 8.80. The molecule has 0 saturated carbocycles. The average molecular weight is 477 g/mol. The molecule has 166 valence electrons. The Morgan fingerprint density at radius 1 is 1.06 bits per heavy atom. The monoisotopic (exact) mass is 476 g/mol. The number of carbonyl (C=O) groups is 1. The first-order valence-corrected chi connectivity index (χ1v) is 11.7. The fourth-order valence-electron chi connectivity index (χ4n) is 4.57. The Hall–Kier alpha value is -3.08. The molecule has 0 spiro atoms. The molecule has 1 aliphatic carbocycles. The van der Waals surface area contributed by atoms with Crippen molar-refractivity contribution in [3.05, 3.63) is 88.0 Å². The Kier molecular flexibility index (Phi) is 5.96. The minimum Gasteiger partial charge on any atom is -0.491 e. The van der Waals surface area contributed by atoms with Crippen LogP contribution in [0.3, 0.4) is 0 Å². The summed E-state index contributed by atoms with van der Waals surface area (Å²) >= 11 is 12.7. The number of aromatic nitrogens is 1. The number of amides is 1. The zero-order valence-corrected chi connectivity index (χ0v) is 19.6. The summed E-state index contributed by atoms with van der Waals surface area (Å²) in [4.78, 5) is 17.9. The summed E-state index contributed by atoms with van der Waals surface area (Å²) in [5.41, 5.74) is 5.27. The molecule has 3 aromatic carbocycles. The highest BCUT2D eigenvalue weighted by molar-refractivity contribution is 6.44. The number of halogens is 2. The Labute approximate surface area is 202 Å². The minimum atomic E-state index is -0.178. The van der Waals surface area contributed by atoms with Crippen LogP contribution in [0.15, 0.2) is 66.9 Å². The smallest absolute Gasteiger partial charge is 0.232 e. The van der Waals surface area contributed by atoms with E-state index in [-0.39, 0.29) is 11.8 Å². The highest BCUT2D eigenvalue weighted by Crippen LogP contribution is 2.41. The number of hydrogen-bond donors (Lipinski definition) is 1. The lowest BCUT2D eigenvalue weighted by Crippen LogP contribution is -2.20. The molecule has 6 heteroatoms. The van der Waals surface area contributed by atoms with Crippen molar-refractivity contribution in [1.82, 2.24) is 4.98 Å². The fourth-order valence-corrected chi connectivity index (χ4v) is 4.97. The summed E-state index contributed by atoms with van der Waals surface area (Å²) in [7, 11) is 0. The fraction of sp³-hybridized carbons (Fsp3) is 0.185. The van der Waals surface area contributed by atoms with E-state index in [0.717, 1.165) is 40.4 Å². The first-order chi connectivity index (χ1) is 16.1. The topological polar surface area (TPSA) is 51.2 Å². The summed E-state index contributed by atoms with van der Waals surface area (Å²) in [6, 6.07) is 19.5. The van der Waals surface area contributed by atoms with Crippen molar-refractivity contribution in [2.75, 3.05) is 11.9 Å². The second-order valence-electron chi connectivity index (χ2n) is 8.02. The van der Waals surface area contributed by atoms with Crippen LogP contribution in [0.5, 0.6) is 5.75 Å². The van der Waals surface area contributed by atoms with E-state index in [1.807, 2.05) is 55.5 Å². The molecular weight excluding hydrogens is 455 g/mol. The normalized spacial score (nSPS) is 14.8. The van der Waals surface area contributed by atoms with Crippen molar-refractivity contribution in [3.63, 3.8) is 0 Å². The molecule has 0 radical (unpaired) electrons.